The summed E-state index contributed by atoms with van der Waals surface area (Å²) in [4.78, 5) is 3.32. The van der Waals surface area contributed by atoms with Gasteiger partial charge in [0.05, 0.1) is 4.90 Å². The molecule has 0 radical (unpaired) electrons. The van der Waals surface area contributed by atoms with Crippen LogP contribution in [0, 0.1) is 0 Å². The normalized spacial score (nSPS) is 17.9. The summed E-state index contributed by atoms with van der Waals surface area (Å²) < 4.78 is 26.7. The van der Waals surface area contributed by atoms with E-state index >= 15 is 0 Å². The number of H-pyrrole nitrogens is 1. The van der Waals surface area contributed by atoms with Gasteiger partial charge in [-0.05, 0) is 32.3 Å². The van der Waals surface area contributed by atoms with Crippen molar-refractivity contribution in [3.05, 3.63) is 18.0 Å². The van der Waals surface area contributed by atoms with Crippen molar-refractivity contribution >= 4 is 10.0 Å². The zero-order chi connectivity index (χ0) is 13.2. The lowest BCUT2D eigenvalue weighted by molar-refractivity contribution is 0.556. The first-order chi connectivity index (χ1) is 8.51. The Bertz CT molecular complexity index is 491. The maximum Gasteiger partial charge on any atom is 0.242 e. The van der Waals surface area contributed by atoms with Crippen LogP contribution in [0.15, 0.2) is 17.2 Å². The van der Waals surface area contributed by atoms with E-state index in [1.165, 1.54) is 12.8 Å². The van der Waals surface area contributed by atoms with E-state index in [1.807, 2.05) is 13.8 Å². The minimum absolute atomic E-state index is 0.0436. The fourth-order valence-corrected chi connectivity index (χ4v) is 2.98. The second-order valence-corrected chi connectivity index (χ2v) is 6.66. The molecule has 102 valence electrons. The summed E-state index contributed by atoms with van der Waals surface area (Å²) in [6.45, 7) is 4.51. The Kier molecular flexibility index (Phi) is 4.09. The van der Waals surface area contributed by atoms with Crippen LogP contribution in [-0.4, -0.2) is 25.5 Å². The zero-order valence-electron chi connectivity index (χ0n) is 10.9. The molecule has 1 aromatic heterocycles. The van der Waals surface area contributed by atoms with E-state index in [2.05, 4.69) is 15.0 Å². The van der Waals surface area contributed by atoms with Crippen molar-refractivity contribution in [1.82, 2.24) is 15.0 Å². The van der Waals surface area contributed by atoms with Crippen LogP contribution in [0.1, 0.15) is 38.8 Å². The Balaban J connectivity index is 1.98. The van der Waals surface area contributed by atoms with Gasteiger partial charge in [0.2, 0.25) is 10.0 Å². The monoisotopic (exact) mass is 271 g/mol. The number of rotatable bonds is 7. The molecule has 1 heterocycles. The van der Waals surface area contributed by atoms with Crippen molar-refractivity contribution < 1.29 is 8.42 Å². The Labute approximate surface area is 108 Å². The number of aromatic amines is 1. The molecule has 1 aliphatic carbocycles. The summed E-state index contributed by atoms with van der Waals surface area (Å²) in [7, 11) is -3.38. The number of hydrogen-bond acceptors (Lipinski definition) is 3. The third kappa shape index (κ3) is 3.57. The first-order valence-corrected chi connectivity index (χ1v) is 7.92. The van der Waals surface area contributed by atoms with Crippen LogP contribution in [0.25, 0.3) is 0 Å². The summed E-state index contributed by atoms with van der Waals surface area (Å²) in [6.07, 6.45) is 4.78. The molecule has 5 nitrogen and oxygen atoms in total. The topological polar surface area (TPSA) is 74.0 Å². The van der Waals surface area contributed by atoms with Crippen molar-refractivity contribution in [2.75, 3.05) is 0 Å². The molecular formula is C12H21N3O2S. The highest BCUT2D eigenvalue weighted by atomic mass is 32.2. The molecule has 6 heteroatoms. The minimum atomic E-state index is -3.38. The highest BCUT2D eigenvalue weighted by Gasteiger charge is 2.21. The fraction of sp³-hybridized carbons (Fsp3) is 0.667. The number of hydrogen-bond donors (Lipinski definition) is 3. The predicted octanol–water partition coefficient (Wildman–Crippen LogP) is 1.34. The van der Waals surface area contributed by atoms with Gasteiger partial charge in [-0.25, -0.2) is 13.1 Å². The Hall–Kier alpha value is -0.850. The van der Waals surface area contributed by atoms with Crippen LogP contribution in [0.5, 0.6) is 0 Å². The summed E-state index contributed by atoms with van der Waals surface area (Å²) in [6, 6.07) is 2.27. The maximum absolute atomic E-state index is 12.0. The van der Waals surface area contributed by atoms with Gasteiger partial charge in [0, 0.05) is 30.5 Å². The smallest absolute Gasteiger partial charge is 0.242 e. The summed E-state index contributed by atoms with van der Waals surface area (Å²) in [5.74, 6) is 0. The molecule has 0 bridgehead atoms. The van der Waals surface area contributed by atoms with Gasteiger partial charge in [-0.15, -0.1) is 0 Å². The van der Waals surface area contributed by atoms with Gasteiger partial charge >= 0.3 is 0 Å². The SMILES string of the molecule is CCC(C)NS(=O)(=O)c1c[nH]c(CNC2CC2)c1. The first-order valence-electron chi connectivity index (χ1n) is 6.44. The molecule has 1 fully saturated rings. The number of nitrogens with one attached hydrogen (secondary N) is 3. The van der Waals surface area contributed by atoms with Crippen molar-refractivity contribution in [2.24, 2.45) is 0 Å². The van der Waals surface area contributed by atoms with E-state index < -0.39 is 10.0 Å². The van der Waals surface area contributed by atoms with Crippen LogP contribution in [0.4, 0.5) is 0 Å². The van der Waals surface area contributed by atoms with Gasteiger partial charge in [0.15, 0.2) is 0 Å². The number of aromatic nitrogens is 1. The van der Waals surface area contributed by atoms with Gasteiger partial charge in [-0.2, -0.15) is 0 Å². The average Bonchev–Trinajstić information content (AvgIpc) is 3.02. The largest absolute Gasteiger partial charge is 0.363 e. The average molecular weight is 271 g/mol. The van der Waals surface area contributed by atoms with Crippen LogP contribution in [0.3, 0.4) is 0 Å². The fourth-order valence-electron chi connectivity index (χ4n) is 1.63. The summed E-state index contributed by atoms with van der Waals surface area (Å²) in [5.41, 5.74) is 0.909. The molecular weight excluding hydrogens is 250 g/mol. The van der Waals surface area contributed by atoms with Crippen molar-refractivity contribution in [3.8, 4) is 0 Å². The van der Waals surface area contributed by atoms with E-state index in [-0.39, 0.29) is 6.04 Å². The van der Waals surface area contributed by atoms with Crippen LogP contribution in [0.2, 0.25) is 0 Å². The first kappa shape index (κ1) is 13.6. The van der Waals surface area contributed by atoms with Gasteiger partial charge in [0.1, 0.15) is 0 Å². The maximum atomic E-state index is 12.0. The standard InChI is InChI=1S/C12H21N3O2S/c1-3-9(2)15-18(16,17)12-6-11(14-8-12)7-13-10-4-5-10/h6,8-10,13-15H,3-5,7H2,1-2H3. The minimum Gasteiger partial charge on any atom is -0.363 e. The second kappa shape index (κ2) is 5.42. The van der Waals surface area contributed by atoms with Crippen LogP contribution >= 0.6 is 0 Å². The highest BCUT2D eigenvalue weighted by molar-refractivity contribution is 7.89. The van der Waals surface area contributed by atoms with E-state index in [1.54, 1.807) is 12.3 Å². The quantitative estimate of drug-likeness (QED) is 0.700. The lowest BCUT2D eigenvalue weighted by atomic mass is 10.3. The van der Waals surface area contributed by atoms with Gasteiger partial charge in [0.25, 0.3) is 0 Å². The zero-order valence-corrected chi connectivity index (χ0v) is 11.7. The molecule has 0 aliphatic heterocycles. The predicted molar refractivity (Wildman–Crippen MR) is 70.7 cm³/mol. The van der Waals surface area contributed by atoms with Gasteiger partial charge in [-0.3, -0.25) is 0 Å². The van der Waals surface area contributed by atoms with E-state index in [9.17, 15) is 8.42 Å². The van der Waals surface area contributed by atoms with Crippen molar-refractivity contribution in [3.63, 3.8) is 0 Å². The molecule has 0 amide bonds. The van der Waals surface area contributed by atoms with Crippen LogP contribution < -0.4 is 10.0 Å². The van der Waals surface area contributed by atoms with Crippen LogP contribution in [-0.2, 0) is 16.6 Å². The molecule has 1 unspecified atom stereocenters. The number of sulfonamides is 1. The molecule has 3 N–H and O–H groups in total. The molecule has 1 aliphatic rings. The molecule has 1 saturated carbocycles. The van der Waals surface area contributed by atoms with E-state index in [0.29, 0.717) is 17.5 Å². The highest BCUT2D eigenvalue weighted by Crippen LogP contribution is 2.19. The van der Waals surface area contributed by atoms with Crippen molar-refractivity contribution in [2.45, 2.75) is 56.6 Å². The molecule has 0 aromatic carbocycles. The lowest BCUT2D eigenvalue weighted by Crippen LogP contribution is -2.31. The molecule has 0 saturated heterocycles. The molecule has 2 rings (SSSR count). The Morgan fingerprint density at radius 1 is 1.50 bits per heavy atom. The second-order valence-electron chi connectivity index (χ2n) is 4.95. The molecule has 18 heavy (non-hydrogen) atoms. The third-order valence-corrected chi connectivity index (χ3v) is 4.72. The molecule has 1 atom stereocenters. The summed E-state index contributed by atoms with van der Waals surface area (Å²) in [5, 5.41) is 3.34. The van der Waals surface area contributed by atoms with Crippen molar-refractivity contribution in [1.29, 1.82) is 0 Å². The summed E-state index contributed by atoms with van der Waals surface area (Å²) >= 11 is 0. The van der Waals surface area contributed by atoms with Gasteiger partial charge < -0.3 is 10.3 Å². The van der Waals surface area contributed by atoms with E-state index in [4.69, 9.17) is 0 Å². The molecule has 1 aromatic rings. The molecule has 0 spiro atoms. The Morgan fingerprint density at radius 2 is 2.22 bits per heavy atom. The van der Waals surface area contributed by atoms with E-state index in [0.717, 1.165) is 12.1 Å². The van der Waals surface area contributed by atoms with Gasteiger partial charge in [-0.1, -0.05) is 6.92 Å². The lowest BCUT2D eigenvalue weighted by Gasteiger charge is -2.10. The Morgan fingerprint density at radius 3 is 2.83 bits per heavy atom. The third-order valence-electron chi connectivity index (χ3n) is 3.15.